The number of nitrogens with one attached hydrogen (secondary N) is 2. The maximum atomic E-state index is 12.0. The lowest BCUT2D eigenvalue weighted by Gasteiger charge is -2.09. The van der Waals surface area contributed by atoms with E-state index in [9.17, 15) is 4.79 Å². The van der Waals surface area contributed by atoms with Gasteiger partial charge in [0.25, 0.3) is 0 Å². The molecule has 1 aromatic carbocycles. The lowest BCUT2D eigenvalue weighted by molar-refractivity contribution is 0.251. The van der Waals surface area contributed by atoms with Crippen LogP contribution in [0, 0.1) is 0 Å². The van der Waals surface area contributed by atoms with E-state index in [0.29, 0.717) is 23.9 Å². The molecule has 0 saturated heterocycles. The van der Waals surface area contributed by atoms with Crippen molar-refractivity contribution in [1.29, 1.82) is 0 Å². The molecule has 3 aromatic rings. The highest BCUT2D eigenvalue weighted by Crippen LogP contribution is 2.22. The van der Waals surface area contributed by atoms with Crippen LogP contribution < -0.4 is 15.4 Å². The van der Waals surface area contributed by atoms with Gasteiger partial charge in [0, 0.05) is 30.2 Å². The van der Waals surface area contributed by atoms with Gasteiger partial charge in [-0.05, 0) is 30.3 Å². The highest BCUT2D eigenvalue weighted by atomic mass is 16.5. The largest absolute Gasteiger partial charge is 0.439 e. The Kier molecular flexibility index (Phi) is 4.99. The fourth-order valence-corrected chi connectivity index (χ4v) is 2.01. The normalized spacial score (nSPS) is 10.0. The Morgan fingerprint density at radius 2 is 1.79 bits per heavy atom. The van der Waals surface area contributed by atoms with Crippen LogP contribution in [0.15, 0.2) is 73.1 Å². The van der Waals surface area contributed by atoms with Crippen molar-refractivity contribution >= 4 is 11.7 Å². The Morgan fingerprint density at radius 3 is 2.54 bits per heavy atom. The number of hydrogen-bond donors (Lipinski definition) is 2. The fraction of sp³-hybridized carbons (Fsp3) is 0.0556. The highest BCUT2D eigenvalue weighted by Gasteiger charge is 2.04. The first-order chi connectivity index (χ1) is 11.8. The summed E-state index contributed by atoms with van der Waals surface area (Å²) in [5.74, 6) is 1.09. The minimum Gasteiger partial charge on any atom is -0.439 e. The Bertz CT molecular complexity index is 794. The molecule has 0 fully saturated rings. The Morgan fingerprint density at radius 1 is 0.958 bits per heavy atom. The van der Waals surface area contributed by atoms with E-state index in [1.165, 1.54) is 0 Å². The fourth-order valence-electron chi connectivity index (χ4n) is 2.01. The van der Waals surface area contributed by atoms with Crippen LogP contribution in [0.4, 0.5) is 10.5 Å². The molecule has 2 amide bonds. The third-order valence-corrected chi connectivity index (χ3v) is 3.11. The highest BCUT2D eigenvalue weighted by molar-refractivity contribution is 5.89. The smallest absolute Gasteiger partial charge is 0.319 e. The van der Waals surface area contributed by atoms with Gasteiger partial charge in [0.15, 0.2) is 0 Å². The van der Waals surface area contributed by atoms with Crippen molar-refractivity contribution in [1.82, 2.24) is 15.3 Å². The summed E-state index contributed by atoms with van der Waals surface area (Å²) in [5, 5.41) is 5.51. The van der Waals surface area contributed by atoms with Crippen LogP contribution in [0.1, 0.15) is 5.69 Å². The van der Waals surface area contributed by atoms with Crippen molar-refractivity contribution in [3.05, 3.63) is 78.8 Å². The van der Waals surface area contributed by atoms with Crippen LogP contribution in [-0.4, -0.2) is 16.0 Å². The molecule has 0 atom stereocenters. The molecule has 0 radical (unpaired) electrons. The summed E-state index contributed by atoms with van der Waals surface area (Å²) in [6.07, 6.45) is 3.34. The second-order valence-electron chi connectivity index (χ2n) is 4.93. The minimum atomic E-state index is -0.310. The first kappa shape index (κ1) is 15.5. The van der Waals surface area contributed by atoms with E-state index in [2.05, 4.69) is 20.6 Å². The molecule has 0 aliphatic rings. The Hall–Kier alpha value is -3.41. The van der Waals surface area contributed by atoms with Crippen molar-refractivity contribution in [3.63, 3.8) is 0 Å². The van der Waals surface area contributed by atoms with Gasteiger partial charge in [0.05, 0.1) is 12.2 Å². The maximum absolute atomic E-state index is 12.0. The molecule has 2 heterocycles. The zero-order chi connectivity index (χ0) is 16.6. The summed E-state index contributed by atoms with van der Waals surface area (Å²) in [6.45, 7) is 0.358. The molecule has 3 rings (SSSR count). The minimum absolute atomic E-state index is 0.310. The molecule has 0 unspecified atom stereocenters. The Balaban J connectivity index is 1.57. The second kappa shape index (κ2) is 7.73. The van der Waals surface area contributed by atoms with E-state index in [1.54, 1.807) is 42.7 Å². The van der Waals surface area contributed by atoms with E-state index < -0.39 is 0 Å². The average molecular weight is 320 g/mol. The van der Waals surface area contributed by atoms with Gasteiger partial charge in [-0.2, -0.15) is 0 Å². The molecule has 120 valence electrons. The number of amides is 2. The monoisotopic (exact) mass is 320 g/mol. The third-order valence-electron chi connectivity index (χ3n) is 3.11. The van der Waals surface area contributed by atoms with Gasteiger partial charge in [-0.15, -0.1) is 0 Å². The molecule has 6 nitrogen and oxygen atoms in total. The number of urea groups is 1. The number of carbonyl (C=O) groups excluding carboxylic acids is 1. The number of pyridine rings is 2. The number of rotatable bonds is 5. The van der Waals surface area contributed by atoms with Gasteiger partial charge in [-0.3, -0.25) is 4.98 Å². The molecule has 0 aliphatic carbocycles. The summed E-state index contributed by atoms with van der Waals surface area (Å²) in [5.41, 5.74) is 1.42. The van der Waals surface area contributed by atoms with Gasteiger partial charge in [-0.1, -0.05) is 18.2 Å². The number of carbonyl (C=O) groups is 1. The maximum Gasteiger partial charge on any atom is 0.319 e. The first-order valence-corrected chi connectivity index (χ1v) is 7.43. The standard InChI is InChI=1S/C18H16N4O2/c23-18(21-13-15-6-1-3-10-19-15)22-14-7-5-8-16(12-14)24-17-9-2-4-11-20-17/h1-12H,13H2,(H2,21,22,23). The van der Waals surface area contributed by atoms with Gasteiger partial charge < -0.3 is 15.4 Å². The quantitative estimate of drug-likeness (QED) is 0.753. The zero-order valence-electron chi connectivity index (χ0n) is 12.8. The van der Waals surface area contributed by atoms with Crippen LogP contribution >= 0.6 is 0 Å². The van der Waals surface area contributed by atoms with E-state index in [1.807, 2.05) is 30.3 Å². The summed E-state index contributed by atoms with van der Waals surface area (Å²) in [7, 11) is 0. The SMILES string of the molecule is O=C(NCc1ccccn1)Nc1cccc(Oc2ccccn2)c1. The van der Waals surface area contributed by atoms with Crippen molar-refractivity contribution in [3.8, 4) is 11.6 Å². The van der Waals surface area contributed by atoms with E-state index in [0.717, 1.165) is 5.69 Å². The van der Waals surface area contributed by atoms with Gasteiger partial charge in [0.2, 0.25) is 5.88 Å². The van der Waals surface area contributed by atoms with Crippen molar-refractivity contribution in [2.75, 3.05) is 5.32 Å². The van der Waals surface area contributed by atoms with Crippen LogP contribution in [0.2, 0.25) is 0 Å². The third kappa shape index (κ3) is 4.54. The number of hydrogen-bond acceptors (Lipinski definition) is 4. The number of aromatic nitrogens is 2. The Labute approximate surface area is 139 Å². The van der Waals surface area contributed by atoms with Crippen LogP contribution in [-0.2, 0) is 6.54 Å². The van der Waals surface area contributed by atoms with E-state index >= 15 is 0 Å². The molecule has 6 heteroatoms. The zero-order valence-corrected chi connectivity index (χ0v) is 12.8. The summed E-state index contributed by atoms with van der Waals surface area (Å²) in [4.78, 5) is 20.2. The summed E-state index contributed by atoms with van der Waals surface area (Å²) < 4.78 is 5.64. The number of nitrogens with zero attached hydrogens (tertiary/aromatic N) is 2. The van der Waals surface area contributed by atoms with Crippen molar-refractivity contribution in [2.24, 2.45) is 0 Å². The van der Waals surface area contributed by atoms with Gasteiger partial charge in [-0.25, -0.2) is 9.78 Å². The van der Waals surface area contributed by atoms with Crippen molar-refractivity contribution in [2.45, 2.75) is 6.54 Å². The van der Waals surface area contributed by atoms with Gasteiger partial charge >= 0.3 is 6.03 Å². The van der Waals surface area contributed by atoms with E-state index in [-0.39, 0.29) is 6.03 Å². The molecule has 0 spiro atoms. The lowest BCUT2D eigenvalue weighted by Crippen LogP contribution is -2.28. The molecule has 2 N–H and O–H groups in total. The predicted octanol–water partition coefficient (Wildman–Crippen LogP) is 3.59. The average Bonchev–Trinajstić information content (AvgIpc) is 2.62. The molecule has 24 heavy (non-hydrogen) atoms. The molecule has 2 aromatic heterocycles. The number of benzene rings is 1. The second-order valence-corrected chi connectivity index (χ2v) is 4.93. The summed E-state index contributed by atoms with van der Waals surface area (Å²) in [6, 6.07) is 17.8. The topological polar surface area (TPSA) is 76.1 Å². The van der Waals surface area contributed by atoms with Crippen LogP contribution in [0.3, 0.4) is 0 Å². The molecule has 0 bridgehead atoms. The molecular weight excluding hydrogens is 304 g/mol. The molecular formula is C18H16N4O2. The van der Waals surface area contributed by atoms with Crippen LogP contribution in [0.5, 0.6) is 11.6 Å². The predicted molar refractivity (Wildman–Crippen MR) is 90.8 cm³/mol. The van der Waals surface area contributed by atoms with Crippen LogP contribution in [0.25, 0.3) is 0 Å². The number of anilines is 1. The number of ether oxygens (including phenoxy) is 1. The first-order valence-electron chi connectivity index (χ1n) is 7.43. The van der Waals surface area contributed by atoms with E-state index in [4.69, 9.17) is 4.74 Å². The lowest BCUT2D eigenvalue weighted by atomic mass is 10.3. The molecule has 0 saturated carbocycles. The van der Waals surface area contributed by atoms with Crippen molar-refractivity contribution < 1.29 is 9.53 Å². The van der Waals surface area contributed by atoms with Gasteiger partial charge in [0.1, 0.15) is 5.75 Å². The summed E-state index contributed by atoms with van der Waals surface area (Å²) >= 11 is 0. The molecule has 0 aliphatic heterocycles.